The SMILES string of the molecule is Cc1c(Cc2c(C=O)nc3c(I)cc(N4CCOCC4)nn23)cccc1C(F)(F)F. The van der Waals surface area contributed by atoms with Crippen molar-refractivity contribution < 1.29 is 22.7 Å². The van der Waals surface area contributed by atoms with Gasteiger partial charge in [-0.1, -0.05) is 12.1 Å². The Morgan fingerprint density at radius 1 is 1.27 bits per heavy atom. The molecule has 30 heavy (non-hydrogen) atoms. The van der Waals surface area contributed by atoms with Crippen LogP contribution < -0.4 is 4.90 Å². The molecular formula is C20H18F3IN4O2. The van der Waals surface area contributed by atoms with E-state index in [1.807, 2.05) is 6.07 Å². The largest absolute Gasteiger partial charge is 0.416 e. The number of rotatable bonds is 4. The monoisotopic (exact) mass is 530 g/mol. The number of fused-ring (bicyclic) bond motifs is 1. The molecule has 3 heterocycles. The third-order valence-electron chi connectivity index (χ3n) is 5.21. The quantitative estimate of drug-likeness (QED) is 0.379. The Hall–Kier alpha value is -2.21. The fraction of sp³-hybridized carbons (Fsp3) is 0.350. The molecule has 1 saturated heterocycles. The van der Waals surface area contributed by atoms with E-state index in [0.717, 1.165) is 9.64 Å². The molecule has 158 valence electrons. The molecule has 4 rings (SSSR count). The summed E-state index contributed by atoms with van der Waals surface area (Å²) in [6.07, 6.45) is -3.71. The minimum Gasteiger partial charge on any atom is -0.378 e. The lowest BCUT2D eigenvalue weighted by Crippen LogP contribution is -2.37. The zero-order valence-corrected chi connectivity index (χ0v) is 18.2. The highest BCUT2D eigenvalue weighted by Gasteiger charge is 2.33. The van der Waals surface area contributed by atoms with E-state index in [1.54, 1.807) is 10.6 Å². The predicted molar refractivity (Wildman–Crippen MR) is 113 cm³/mol. The number of carbonyl (C=O) groups excluding carboxylic acids is 1. The number of ether oxygens (including phenoxy) is 1. The van der Waals surface area contributed by atoms with Gasteiger partial charge in [-0.15, -0.1) is 5.10 Å². The maximum atomic E-state index is 13.3. The summed E-state index contributed by atoms with van der Waals surface area (Å²) in [5.41, 5.74) is 1.08. The molecule has 0 saturated carbocycles. The Labute approximate surface area is 184 Å². The number of anilines is 1. The van der Waals surface area contributed by atoms with Crippen molar-refractivity contribution in [1.82, 2.24) is 14.6 Å². The van der Waals surface area contributed by atoms with Crippen molar-refractivity contribution in [3.05, 3.63) is 55.9 Å². The molecule has 0 atom stereocenters. The average molecular weight is 530 g/mol. The van der Waals surface area contributed by atoms with Crippen LogP contribution in [-0.2, 0) is 17.3 Å². The van der Waals surface area contributed by atoms with Gasteiger partial charge < -0.3 is 9.64 Å². The van der Waals surface area contributed by atoms with Gasteiger partial charge in [0.1, 0.15) is 5.69 Å². The lowest BCUT2D eigenvalue weighted by Gasteiger charge is -2.27. The van der Waals surface area contributed by atoms with Crippen molar-refractivity contribution in [3.8, 4) is 0 Å². The molecule has 1 aliphatic heterocycles. The first-order chi connectivity index (χ1) is 14.3. The van der Waals surface area contributed by atoms with Crippen LogP contribution in [0.5, 0.6) is 0 Å². The Balaban J connectivity index is 1.82. The van der Waals surface area contributed by atoms with Gasteiger partial charge in [-0.25, -0.2) is 9.50 Å². The number of imidazole rings is 1. The van der Waals surface area contributed by atoms with Crippen molar-refractivity contribution in [2.45, 2.75) is 19.5 Å². The van der Waals surface area contributed by atoms with Crippen molar-refractivity contribution in [1.29, 1.82) is 0 Å². The van der Waals surface area contributed by atoms with E-state index in [9.17, 15) is 18.0 Å². The molecule has 0 N–H and O–H groups in total. The summed E-state index contributed by atoms with van der Waals surface area (Å²) in [4.78, 5) is 18.1. The molecule has 1 aromatic carbocycles. The van der Waals surface area contributed by atoms with Crippen molar-refractivity contribution in [2.24, 2.45) is 0 Å². The second kappa shape index (κ2) is 8.14. The van der Waals surface area contributed by atoms with Gasteiger partial charge in [-0.2, -0.15) is 13.2 Å². The van der Waals surface area contributed by atoms with Crippen LogP contribution in [0, 0.1) is 10.5 Å². The molecule has 1 fully saturated rings. The van der Waals surface area contributed by atoms with E-state index in [4.69, 9.17) is 4.74 Å². The highest BCUT2D eigenvalue weighted by molar-refractivity contribution is 14.1. The van der Waals surface area contributed by atoms with Crippen LogP contribution in [0.3, 0.4) is 0 Å². The highest BCUT2D eigenvalue weighted by Crippen LogP contribution is 2.34. The van der Waals surface area contributed by atoms with Crippen LogP contribution in [0.1, 0.15) is 32.9 Å². The number of hydrogen-bond acceptors (Lipinski definition) is 5. The molecule has 3 aromatic rings. The van der Waals surface area contributed by atoms with Crippen molar-refractivity contribution in [3.63, 3.8) is 0 Å². The number of carbonyl (C=O) groups is 1. The Morgan fingerprint density at radius 3 is 2.67 bits per heavy atom. The third kappa shape index (κ3) is 3.89. The van der Waals surface area contributed by atoms with E-state index in [-0.39, 0.29) is 17.7 Å². The summed E-state index contributed by atoms with van der Waals surface area (Å²) in [6, 6.07) is 5.97. The van der Waals surface area contributed by atoms with Gasteiger partial charge in [0, 0.05) is 19.5 Å². The van der Waals surface area contributed by atoms with Gasteiger partial charge in [-0.05, 0) is 52.8 Å². The maximum Gasteiger partial charge on any atom is 0.416 e. The number of morpholine rings is 1. The number of alkyl halides is 3. The lowest BCUT2D eigenvalue weighted by molar-refractivity contribution is -0.138. The van der Waals surface area contributed by atoms with Gasteiger partial charge in [-0.3, -0.25) is 4.79 Å². The van der Waals surface area contributed by atoms with Gasteiger partial charge in [0.25, 0.3) is 0 Å². The van der Waals surface area contributed by atoms with Gasteiger partial charge >= 0.3 is 6.18 Å². The second-order valence-corrected chi connectivity index (χ2v) is 8.17. The molecule has 10 heteroatoms. The van der Waals surface area contributed by atoms with Gasteiger partial charge in [0.15, 0.2) is 17.8 Å². The first kappa shape index (κ1) is 21.0. The Kier molecular flexibility index (Phi) is 5.71. The van der Waals surface area contributed by atoms with Gasteiger partial charge in [0.05, 0.1) is 28.0 Å². The number of nitrogens with zero attached hydrogens (tertiary/aromatic N) is 4. The topological polar surface area (TPSA) is 59.7 Å². The smallest absolute Gasteiger partial charge is 0.378 e. The van der Waals surface area contributed by atoms with Crippen molar-refractivity contribution in [2.75, 3.05) is 31.2 Å². The van der Waals surface area contributed by atoms with Crippen LogP contribution in [0.15, 0.2) is 24.3 Å². The lowest BCUT2D eigenvalue weighted by atomic mass is 9.98. The Bertz CT molecular complexity index is 1110. The van der Waals surface area contributed by atoms with Crippen LogP contribution in [0.25, 0.3) is 5.65 Å². The van der Waals surface area contributed by atoms with Crippen molar-refractivity contribution >= 4 is 40.3 Å². The molecule has 0 unspecified atom stereocenters. The van der Waals surface area contributed by atoms with Crippen LogP contribution in [-0.4, -0.2) is 47.2 Å². The number of aromatic nitrogens is 3. The third-order valence-corrected chi connectivity index (χ3v) is 6.00. The van der Waals surface area contributed by atoms with Crippen LogP contribution in [0.4, 0.5) is 19.0 Å². The summed E-state index contributed by atoms with van der Waals surface area (Å²) in [5, 5.41) is 4.66. The highest BCUT2D eigenvalue weighted by atomic mass is 127. The summed E-state index contributed by atoms with van der Waals surface area (Å²) in [5.74, 6) is 0.715. The molecule has 1 aliphatic rings. The molecule has 0 bridgehead atoms. The predicted octanol–water partition coefficient (Wildman–Crippen LogP) is 3.90. The summed E-state index contributed by atoms with van der Waals surface area (Å²) in [6.45, 7) is 4.00. The van der Waals surface area contributed by atoms with Crippen LogP contribution >= 0.6 is 22.6 Å². The standard InChI is InChI=1S/C20H18F3IN4O2/c1-12-13(3-2-4-14(12)20(21,22)23)9-17-16(11-29)25-19-15(24)10-18(26-28(17)19)27-5-7-30-8-6-27/h2-4,10-11H,5-9H2,1H3. The molecular weight excluding hydrogens is 512 g/mol. The summed E-state index contributed by atoms with van der Waals surface area (Å²) < 4.78 is 47.7. The number of halogens is 4. The average Bonchev–Trinajstić information content (AvgIpc) is 3.07. The molecule has 0 amide bonds. The molecule has 2 aromatic heterocycles. The molecule has 0 spiro atoms. The second-order valence-electron chi connectivity index (χ2n) is 7.01. The number of benzene rings is 1. The Morgan fingerprint density at radius 2 is 2.00 bits per heavy atom. The van der Waals surface area contributed by atoms with Crippen LogP contribution in [0.2, 0.25) is 0 Å². The number of hydrogen-bond donors (Lipinski definition) is 0. The summed E-state index contributed by atoms with van der Waals surface area (Å²) >= 11 is 2.13. The first-order valence-electron chi connectivity index (χ1n) is 9.31. The minimum absolute atomic E-state index is 0.112. The van der Waals surface area contributed by atoms with E-state index in [2.05, 4.69) is 37.6 Å². The first-order valence-corrected chi connectivity index (χ1v) is 10.4. The zero-order valence-electron chi connectivity index (χ0n) is 16.0. The number of aldehydes is 1. The molecule has 0 radical (unpaired) electrons. The minimum atomic E-state index is -4.44. The molecule has 0 aliphatic carbocycles. The van der Waals surface area contributed by atoms with E-state index in [1.165, 1.54) is 13.0 Å². The molecule has 6 nitrogen and oxygen atoms in total. The van der Waals surface area contributed by atoms with Gasteiger partial charge in [0.2, 0.25) is 0 Å². The zero-order chi connectivity index (χ0) is 21.5. The fourth-order valence-corrected chi connectivity index (χ4v) is 4.23. The van der Waals surface area contributed by atoms with E-state index >= 15 is 0 Å². The fourth-order valence-electron chi connectivity index (χ4n) is 3.60. The van der Waals surface area contributed by atoms with E-state index < -0.39 is 11.7 Å². The normalized spacial score (nSPS) is 15.0. The summed E-state index contributed by atoms with van der Waals surface area (Å²) in [7, 11) is 0. The van der Waals surface area contributed by atoms with E-state index in [0.29, 0.717) is 55.3 Å². The maximum absolute atomic E-state index is 13.3.